The Hall–Kier alpha value is -3.21. The van der Waals surface area contributed by atoms with Gasteiger partial charge < -0.3 is 20.5 Å². The number of pyridine rings is 2. The predicted molar refractivity (Wildman–Crippen MR) is 129 cm³/mol. The molecule has 1 amide bonds. The van der Waals surface area contributed by atoms with Crippen LogP contribution in [-0.2, 0) is 38.8 Å². The lowest BCUT2D eigenvalue weighted by Gasteiger charge is -2.22. The van der Waals surface area contributed by atoms with Gasteiger partial charge in [0.2, 0.25) is 5.91 Å². The zero-order chi connectivity index (χ0) is 26.5. The molecule has 37 heavy (non-hydrogen) atoms. The molecule has 0 saturated heterocycles. The van der Waals surface area contributed by atoms with Gasteiger partial charge in [0.15, 0.2) is 0 Å². The zero-order valence-corrected chi connectivity index (χ0v) is 20.4. The van der Waals surface area contributed by atoms with E-state index in [4.69, 9.17) is 4.74 Å². The topological polar surface area (TPSA) is 113 Å². The highest BCUT2D eigenvalue weighted by Gasteiger charge is 2.56. The van der Waals surface area contributed by atoms with E-state index in [1.54, 1.807) is 0 Å². The molecule has 1 unspecified atom stereocenters. The minimum Gasteiger partial charge on any atom is -0.480 e. The van der Waals surface area contributed by atoms with Crippen molar-refractivity contribution in [3.63, 3.8) is 0 Å². The second kappa shape index (κ2) is 11.5. The summed E-state index contributed by atoms with van der Waals surface area (Å²) < 4.78 is 45.9. The number of ether oxygens (including phenoxy) is 1. The summed E-state index contributed by atoms with van der Waals surface area (Å²) in [6.45, 7) is 1.47. The lowest BCUT2D eigenvalue weighted by Crippen LogP contribution is -2.46. The number of rotatable bonds is 12. The van der Waals surface area contributed by atoms with Crippen LogP contribution in [0.25, 0.3) is 0 Å². The van der Waals surface area contributed by atoms with E-state index in [9.17, 15) is 27.9 Å². The number of anilines is 1. The molecule has 200 valence electrons. The summed E-state index contributed by atoms with van der Waals surface area (Å²) in [5.74, 6) is -1.06. The lowest BCUT2D eigenvalue weighted by molar-refractivity contribution is -0.143. The summed E-state index contributed by atoms with van der Waals surface area (Å²) in [6, 6.07) is 4.94. The predicted octanol–water partition coefficient (Wildman–Crippen LogP) is 3.88. The Morgan fingerprint density at radius 1 is 1.19 bits per heavy atom. The normalized spacial score (nSPS) is 16.8. The molecule has 11 heteroatoms. The number of halogens is 3. The number of aromatic nitrogens is 2. The Kier molecular flexibility index (Phi) is 8.31. The number of fused-ring (bicyclic) bond motifs is 1. The largest absolute Gasteiger partial charge is 0.480 e. The first-order valence-corrected chi connectivity index (χ1v) is 12.6. The summed E-state index contributed by atoms with van der Waals surface area (Å²) in [6.07, 6.45) is 1.49. The molecule has 1 atom stereocenters. The van der Waals surface area contributed by atoms with Crippen LogP contribution in [0, 0.1) is 0 Å². The average Bonchev–Trinajstić information content (AvgIpc) is 3.69. The van der Waals surface area contributed by atoms with E-state index in [2.05, 4.69) is 26.7 Å². The molecule has 0 spiro atoms. The van der Waals surface area contributed by atoms with E-state index in [1.165, 1.54) is 11.8 Å². The summed E-state index contributed by atoms with van der Waals surface area (Å²) >= 11 is 0. The second-order valence-electron chi connectivity index (χ2n) is 9.54. The Bertz CT molecular complexity index is 1120. The third-order valence-electron chi connectivity index (χ3n) is 6.83. The molecular weight excluding hydrogens is 489 g/mol. The molecule has 1 fully saturated rings. The molecule has 1 aliphatic carbocycles. The fraction of sp³-hybridized carbons (Fsp3) is 0.538. The van der Waals surface area contributed by atoms with Crippen LogP contribution >= 0.6 is 0 Å². The highest BCUT2D eigenvalue weighted by atomic mass is 19.4. The van der Waals surface area contributed by atoms with Gasteiger partial charge in [-0.3, -0.25) is 9.78 Å². The van der Waals surface area contributed by atoms with E-state index in [0.717, 1.165) is 62.3 Å². The summed E-state index contributed by atoms with van der Waals surface area (Å²) in [5, 5.41) is 15.3. The molecule has 0 radical (unpaired) electrons. The molecule has 2 aromatic heterocycles. The Morgan fingerprint density at radius 3 is 2.73 bits per heavy atom. The van der Waals surface area contributed by atoms with Gasteiger partial charge in [0, 0.05) is 38.1 Å². The van der Waals surface area contributed by atoms with Gasteiger partial charge in [0.1, 0.15) is 11.9 Å². The van der Waals surface area contributed by atoms with Crippen LogP contribution in [0.1, 0.15) is 61.0 Å². The Morgan fingerprint density at radius 2 is 2.00 bits per heavy atom. The number of carboxylic acid groups (broad SMARTS) is 1. The van der Waals surface area contributed by atoms with E-state index >= 15 is 0 Å². The number of hydrogen-bond acceptors (Lipinski definition) is 6. The zero-order valence-electron chi connectivity index (χ0n) is 20.4. The van der Waals surface area contributed by atoms with Crippen LogP contribution in [-0.4, -0.2) is 52.8 Å². The third kappa shape index (κ3) is 6.57. The minimum atomic E-state index is -4.66. The maximum Gasteiger partial charge on any atom is 0.418 e. The molecule has 2 aliphatic rings. The molecule has 1 aliphatic heterocycles. The fourth-order valence-corrected chi connectivity index (χ4v) is 4.59. The van der Waals surface area contributed by atoms with Gasteiger partial charge >= 0.3 is 12.1 Å². The number of carbonyl (C=O) groups excluding carboxylic acids is 1. The molecule has 3 heterocycles. The second-order valence-corrected chi connectivity index (χ2v) is 9.54. The molecule has 0 aromatic carbocycles. The molecule has 8 nitrogen and oxygen atoms in total. The van der Waals surface area contributed by atoms with Crippen LogP contribution in [0.5, 0.6) is 0 Å². The number of carboxylic acids is 1. The summed E-state index contributed by atoms with van der Waals surface area (Å²) in [5.41, 5.74) is -0.533. The van der Waals surface area contributed by atoms with Gasteiger partial charge in [0.25, 0.3) is 0 Å². The maximum absolute atomic E-state index is 13.4. The number of aliphatic carboxylic acids is 1. The number of nitrogens with zero attached hydrogens (tertiary/aromatic N) is 2. The fourth-order valence-electron chi connectivity index (χ4n) is 4.59. The van der Waals surface area contributed by atoms with E-state index in [0.29, 0.717) is 6.61 Å². The summed E-state index contributed by atoms with van der Waals surface area (Å²) in [7, 11) is 0. The van der Waals surface area contributed by atoms with Crippen molar-refractivity contribution in [2.45, 2.75) is 69.0 Å². The van der Waals surface area contributed by atoms with Crippen LogP contribution in [0.2, 0.25) is 0 Å². The van der Waals surface area contributed by atoms with Gasteiger partial charge in [-0.1, -0.05) is 6.07 Å². The Labute approximate surface area is 213 Å². The average molecular weight is 521 g/mol. The highest BCUT2D eigenvalue weighted by Crippen LogP contribution is 2.51. The molecule has 3 N–H and O–H groups in total. The first kappa shape index (κ1) is 26.8. The number of aryl methyl sites for hydroxylation is 2. The van der Waals surface area contributed by atoms with Gasteiger partial charge in [-0.2, -0.15) is 13.2 Å². The first-order chi connectivity index (χ1) is 17.7. The van der Waals surface area contributed by atoms with Crippen LogP contribution in [0.4, 0.5) is 19.0 Å². The van der Waals surface area contributed by atoms with E-state index < -0.39 is 35.1 Å². The molecule has 1 saturated carbocycles. The van der Waals surface area contributed by atoms with Crippen LogP contribution in [0.15, 0.2) is 30.5 Å². The number of nitrogens with one attached hydrogen (secondary N) is 2. The van der Waals surface area contributed by atoms with Crippen molar-refractivity contribution >= 4 is 17.7 Å². The van der Waals surface area contributed by atoms with Crippen molar-refractivity contribution in [2.24, 2.45) is 0 Å². The molecule has 2 aromatic rings. The van der Waals surface area contributed by atoms with Crippen molar-refractivity contribution in [1.29, 1.82) is 0 Å². The number of hydrogen-bond donors (Lipinski definition) is 3. The van der Waals surface area contributed by atoms with Crippen molar-refractivity contribution in [3.8, 4) is 0 Å². The first-order valence-electron chi connectivity index (χ1n) is 12.6. The van der Waals surface area contributed by atoms with E-state index in [1.807, 2.05) is 6.07 Å². The van der Waals surface area contributed by atoms with Crippen molar-refractivity contribution in [3.05, 3.63) is 53.0 Å². The Balaban J connectivity index is 1.21. The van der Waals surface area contributed by atoms with Gasteiger partial charge in [0.05, 0.1) is 16.7 Å². The number of amides is 1. The smallest absolute Gasteiger partial charge is 0.418 e. The SMILES string of the molecule is O=C(O)C(CCOCCCCc1ccc2c(n1)NCCC2)NC(=O)C1(c2ncccc2C(F)(F)F)CC1. The third-order valence-corrected chi connectivity index (χ3v) is 6.83. The van der Waals surface area contributed by atoms with Crippen LogP contribution < -0.4 is 10.6 Å². The lowest BCUT2D eigenvalue weighted by atomic mass is 9.95. The quantitative estimate of drug-likeness (QED) is 0.364. The molecule has 4 rings (SSSR count). The number of alkyl halides is 3. The number of unbranched alkanes of at least 4 members (excludes halogenated alkanes) is 1. The van der Waals surface area contributed by atoms with Crippen molar-refractivity contribution < 1.29 is 32.6 Å². The van der Waals surface area contributed by atoms with Gasteiger partial charge in [-0.05, 0) is 68.7 Å². The monoisotopic (exact) mass is 520 g/mol. The number of carbonyl (C=O) groups is 2. The summed E-state index contributed by atoms with van der Waals surface area (Å²) in [4.78, 5) is 33.1. The van der Waals surface area contributed by atoms with Gasteiger partial charge in [-0.25, -0.2) is 9.78 Å². The highest BCUT2D eigenvalue weighted by molar-refractivity contribution is 5.93. The van der Waals surface area contributed by atoms with Crippen LogP contribution in [0.3, 0.4) is 0 Å². The minimum absolute atomic E-state index is 0.00352. The van der Waals surface area contributed by atoms with E-state index in [-0.39, 0.29) is 31.6 Å². The standard InChI is InChI=1S/C26H31F3N4O4/c27-26(28,29)19-7-4-13-30-21(19)25(11-12-25)24(36)33-20(23(34)35)10-16-37-15-2-1-6-18-9-8-17-5-3-14-31-22(17)32-18/h4,7-9,13,20H,1-3,5-6,10-12,14-16H2,(H,31,32)(H,33,36)(H,34,35). The maximum atomic E-state index is 13.4. The molecule has 0 bridgehead atoms. The molecular formula is C26H31F3N4O4. The van der Waals surface area contributed by atoms with Crippen molar-refractivity contribution in [1.82, 2.24) is 15.3 Å². The van der Waals surface area contributed by atoms with Crippen molar-refractivity contribution in [2.75, 3.05) is 25.1 Å². The van der Waals surface area contributed by atoms with Gasteiger partial charge in [-0.15, -0.1) is 0 Å².